The van der Waals surface area contributed by atoms with Gasteiger partial charge in [-0.15, -0.1) is 11.3 Å². The maximum absolute atomic E-state index is 12.7. The Hall–Kier alpha value is -2.33. The molecule has 2 aromatic carbocycles. The summed E-state index contributed by atoms with van der Waals surface area (Å²) in [6.07, 6.45) is 3.82. The summed E-state index contributed by atoms with van der Waals surface area (Å²) in [5.41, 5.74) is 1.71. The topological polar surface area (TPSA) is 91.4 Å². The fourth-order valence-electron chi connectivity index (χ4n) is 4.26. The third-order valence-corrected chi connectivity index (χ3v) is 8.99. The molecule has 2 fully saturated rings. The van der Waals surface area contributed by atoms with Crippen LogP contribution in [0.25, 0.3) is 0 Å². The third-order valence-electron chi connectivity index (χ3n) is 6.27. The van der Waals surface area contributed by atoms with E-state index in [9.17, 15) is 13.2 Å². The molecule has 11 heteroatoms. The Morgan fingerprint density at radius 2 is 1.88 bits per heavy atom. The van der Waals surface area contributed by atoms with Gasteiger partial charge >= 0.3 is 0 Å². The van der Waals surface area contributed by atoms with Gasteiger partial charge in [-0.1, -0.05) is 29.3 Å². The molecule has 5 rings (SSSR count). The summed E-state index contributed by atoms with van der Waals surface area (Å²) in [6.45, 7) is 1.34. The van der Waals surface area contributed by atoms with Crippen molar-refractivity contribution in [3.8, 4) is 0 Å². The van der Waals surface area contributed by atoms with Gasteiger partial charge in [-0.2, -0.15) is 0 Å². The molecule has 0 spiro atoms. The van der Waals surface area contributed by atoms with Crippen molar-refractivity contribution in [2.24, 2.45) is 0 Å². The number of aromatic nitrogens is 1. The number of benzene rings is 2. The lowest BCUT2D eigenvalue weighted by atomic mass is 9.91. The van der Waals surface area contributed by atoms with E-state index in [-0.39, 0.29) is 22.3 Å². The molecule has 1 amide bonds. The fourth-order valence-corrected chi connectivity index (χ4v) is 6.66. The van der Waals surface area contributed by atoms with Gasteiger partial charge in [0.25, 0.3) is 10.0 Å². The lowest BCUT2D eigenvalue weighted by Crippen LogP contribution is -2.59. The number of hydrogen-bond donors (Lipinski definition) is 2. The number of nitrogens with zero attached hydrogens (tertiary/aromatic N) is 2. The number of halogens is 2. The first-order valence-electron chi connectivity index (χ1n) is 10.8. The zero-order valence-electron chi connectivity index (χ0n) is 18.0. The minimum absolute atomic E-state index is 0.0165. The number of sulfonamides is 1. The molecule has 0 unspecified atom stereocenters. The molecule has 34 heavy (non-hydrogen) atoms. The molecule has 178 valence electrons. The molecule has 0 bridgehead atoms. The third kappa shape index (κ3) is 4.88. The highest BCUT2D eigenvalue weighted by Gasteiger charge is 2.47. The summed E-state index contributed by atoms with van der Waals surface area (Å²) in [7, 11) is -3.68. The molecule has 1 aliphatic carbocycles. The minimum atomic E-state index is -3.68. The predicted octanol–water partition coefficient (Wildman–Crippen LogP) is 4.68. The van der Waals surface area contributed by atoms with E-state index < -0.39 is 10.0 Å². The lowest BCUT2D eigenvalue weighted by molar-refractivity contribution is -0.122. The van der Waals surface area contributed by atoms with Crippen LogP contribution in [0.5, 0.6) is 0 Å². The van der Waals surface area contributed by atoms with Crippen molar-refractivity contribution in [3.05, 3.63) is 69.7 Å². The molecule has 1 saturated heterocycles. The van der Waals surface area contributed by atoms with Crippen LogP contribution in [0.3, 0.4) is 0 Å². The van der Waals surface area contributed by atoms with Crippen LogP contribution in [0, 0.1) is 0 Å². The first-order valence-corrected chi connectivity index (χ1v) is 13.9. The van der Waals surface area contributed by atoms with E-state index in [0.717, 1.165) is 24.1 Å². The van der Waals surface area contributed by atoms with Gasteiger partial charge < -0.3 is 10.2 Å². The molecule has 2 heterocycles. The van der Waals surface area contributed by atoms with Crippen molar-refractivity contribution in [2.75, 3.05) is 22.7 Å². The molecule has 3 aromatic rings. The first kappa shape index (κ1) is 23.4. The van der Waals surface area contributed by atoms with Gasteiger partial charge in [0.05, 0.1) is 10.9 Å². The largest absolute Gasteiger partial charge is 0.367 e. The summed E-state index contributed by atoms with van der Waals surface area (Å²) in [5.74, 6) is 0.0165. The Morgan fingerprint density at radius 1 is 1.15 bits per heavy atom. The van der Waals surface area contributed by atoms with E-state index in [1.807, 2.05) is 12.1 Å². The quantitative estimate of drug-likeness (QED) is 0.436. The van der Waals surface area contributed by atoms with Crippen LogP contribution < -0.4 is 14.9 Å². The second-order valence-electron chi connectivity index (χ2n) is 8.69. The molecule has 2 N–H and O–H groups in total. The molecule has 0 atom stereocenters. The average molecular weight is 537 g/mol. The van der Waals surface area contributed by atoms with Crippen molar-refractivity contribution in [1.29, 1.82) is 0 Å². The van der Waals surface area contributed by atoms with Gasteiger partial charge in [0.15, 0.2) is 5.13 Å². The van der Waals surface area contributed by atoms with Crippen molar-refractivity contribution >= 4 is 61.3 Å². The molecular weight excluding hydrogens is 515 g/mol. The fraction of sp³-hybridized carbons (Fsp3) is 0.304. The normalized spacial score (nSPS) is 17.2. The number of hydrogen-bond acceptors (Lipinski definition) is 6. The average Bonchev–Trinajstić information content (AvgIpc) is 3.34. The number of nitrogens with one attached hydrogen (secondary N) is 2. The smallest absolute Gasteiger partial charge is 0.263 e. The summed E-state index contributed by atoms with van der Waals surface area (Å²) >= 11 is 13.6. The minimum Gasteiger partial charge on any atom is -0.367 e. The second kappa shape index (κ2) is 9.03. The first-order chi connectivity index (χ1) is 16.2. The summed E-state index contributed by atoms with van der Waals surface area (Å²) in [6, 6.07) is 12.2. The van der Waals surface area contributed by atoms with Crippen LogP contribution in [0.15, 0.2) is 58.9 Å². The summed E-state index contributed by atoms with van der Waals surface area (Å²) < 4.78 is 27.4. The van der Waals surface area contributed by atoms with Crippen molar-refractivity contribution in [3.63, 3.8) is 0 Å². The van der Waals surface area contributed by atoms with Crippen LogP contribution in [0.4, 0.5) is 10.8 Å². The summed E-state index contributed by atoms with van der Waals surface area (Å²) in [5, 5.41) is 6.35. The maximum atomic E-state index is 12.7. The highest BCUT2D eigenvalue weighted by Crippen LogP contribution is 2.53. The van der Waals surface area contributed by atoms with E-state index in [1.165, 1.54) is 11.3 Å². The van der Waals surface area contributed by atoms with Gasteiger partial charge in [-0.05, 0) is 54.8 Å². The number of carbonyl (C=O) groups is 1. The Bertz CT molecular complexity index is 1300. The molecular formula is C23H22Cl2N4O3S2. The van der Waals surface area contributed by atoms with Gasteiger partial charge in [0, 0.05) is 52.2 Å². The highest BCUT2D eigenvalue weighted by atomic mass is 35.5. The van der Waals surface area contributed by atoms with Gasteiger partial charge in [-0.3, -0.25) is 9.52 Å². The number of anilines is 2. The zero-order chi connectivity index (χ0) is 23.9. The van der Waals surface area contributed by atoms with E-state index in [0.29, 0.717) is 34.7 Å². The van der Waals surface area contributed by atoms with Crippen molar-refractivity contribution < 1.29 is 13.2 Å². The summed E-state index contributed by atoms with van der Waals surface area (Å²) in [4.78, 5) is 18.9. The molecule has 1 aromatic heterocycles. The standard InChI is InChI=1S/C23H22Cl2N4O3S2/c24-15-1-6-19(20(25)11-15)23(7-8-23)12-21(30)27-16-13-29(14-16)17-2-4-18(5-3-17)34(31,32)28-22-26-9-10-33-22/h1-6,9-11,16H,7-8,12-14H2,(H,26,28)(H,27,30). The van der Waals surface area contributed by atoms with E-state index >= 15 is 0 Å². The Morgan fingerprint density at radius 3 is 2.50 bits per heavy atom. The van der Waals surface area contributed by atoms with Crippen LogP contribution in [0.1, 0.15) is 24.8 Å². The molecule has 2 aliphatic rings. The predicted molar refractivity (Wildman–Crippen MR) is 135 cm³/mol. The number of amides is 1. The maximum Gasteiger partial charge on any atom is 0.263 e. The van der Waals surface area contributed by atoms with Gasteiger partial charge in [0.1, 0.15) is 0 Å². The molecule has 7 nitrogen and oxygen atoms in total. The van der Waals surface area contributed by atoms with E-state index in [1.54, 1.807) is 41.9 Å². The number of rotatable bonds is 8. The van der Waals surface area contributed by atoms with Gasteiger partial charge in [0.2, 0.25) is 5.91 Å². The van der Waals surface area contributed by atoms with Gasteiger partial charge in [-0.25, -0.2) is 13.4 Å². The Balaban J connectivity index is 1.14. The Labute approximate surface area is 212 Å². The second-order valence-corrected chi connectivity index (χ2v) is 12.1. The van der Waals surface area contributed by atoms with Crippen LogP contribution in [0.2, 0.25) is 10.0 Å². The van der Waals surface area contributed by atoms with Crippen LogP contribution >= 0.6 is 34.5 Å². The van der Waals surface area contributed by atoms with Crippen molar-refractivity contribution in [1.82, 2.24) is 10.3 Å². The van der Waals surface area contributed by atoms with Crippen LogP contribution in [-0.2, 0) is 20.2 Å². The molecule has 1 saturated carbocycles. The number of carbonyl (C=O) groups excluding carboxylic acids is 1. The number of thiazole rings is 1. The van der Waals surface area contributed by atoms with Crippen molar-refractivity contribution in [2.45, 2.75) is 35.6 Å². The SMILES string of the molecule is O=C(CC1(c2ccc(Cl)cc2Cl)CC1)NC1CN(c2ccc(S(=O)(=O)Nc3nccs3)cc2)C1. The monoisotopic (exact) mass is 536 g/mol. The van der Waals surface area contributed by atoms with E-state index in [4.69, 9.17) is 23.2 Å². The van der Waals surface area contributed by atoms with Crippen LogP contribution in [-0.4, -0.2) is 38.4 Å². The van der Waals surface area contributed by atoms with E-state index in [2.05, 4.69) is 19.9 Å². The molecule has 0 radical (unpaired) electrons. The highest BCUT2D eigenvalue weighted by molar-refractivity contribution is 7.93. The Kier molecular flexibility index (Phi) is 6.22. The zero-order valence-corrected chi connectivity index (χ0v) is 21.1. The molecule has 1 aliphatic heterocycles. The lowest BCUT2D eigenvalue weighted by Gasteiger charge is -2.41.